The van der Waals surface area contributed by atoms with Gasteiger partial charge in [-0.05, 0) is 25.3 Å². The Labute approximate surface area is 100 Å². The van der Waals surface area contributed by atoms with Crippen molar-refractivity contribution in [2.75, 3.05) is 18.9 Å². The summed E-state index contributed by atoms with van der Waals surface area (Å²) in [7, 11) is 0. The summed E-state index contributed by atoms with van der Waals surface area (Å²) in [5, 5.41) is 2.83. The molecular formula is C12H17N3O2. The van der Waals surface area contributed by atoms with Gasteiger partial charge in [0.05, 0.1) is 11.7 Å². The molecule has 1 aliphatic heterocycles. The Morgan fingerprint density at radius 2 is 2.47 bits per heavy atom. The van der Waals surface area contributed by atoms with Gasteiger partial charge in [0.1, 0.15) is 0 Å². The lowest BCUT2D eigenvalue weighted by atomic mass is 10.1. The van der Waals surface area contributed by atoms with Gasteiger partial charge in [-0.1, -0.05) is 0 Å². The van der Waals surface area contributed by atoms with Crippen LogP contribution in [0, 0.1) is 0 Å². The van der Waals surface area contributed by atoms with E-state index in [1.54, 1.807) is 12.3 Å². The lowest BCUT2D eigenvalue weighted by molar-refractivity contribution is 0.0169. The molecule has 1 unspecified atom stereocenters. The van der Waals surface area contributed by atoms with Gasteiger partial charge in [-0.25, -0.2) is 0 Å². The van der Waals surface area contributed by atoms with E-state index in [-0.39, 0.29) is 12.0 Å². The van der Waals surface area contributed by atoms with Crippen LogP contribution in [0.1, 0.15) is 29.6 Å². The smallest absolute Gasteiger partial charge is 0.255 e. The molecule has 1 fully saturated rings. The van der Waals surface area contributed by atoms with Gasteiger partial charge in [-0.3, -0.25) is 9.78 Å². The first-order chi connectivity index (χ1) is 8.27. The Balaban J connectivity index is 1.87. The van der Waals surface area contributed by atoms with Crippen molar-refractivity contribution in [3.63, 3.8) is 0 Å². The highest BCUT2D eigenvalue weighted by atomic mass is 16.5. The van der Waals surface area contributed by atoms with Gasteiger partial charge in [0.2, 0.25) is 0 Å². The predicted molar refractivity (Wildman–Crippen MR) is 64.6 cm³/mol. The first-order valence-corrected chi connectivity index (χ1v) is 5.86. The topological polar surface area (TPSA) is 77.2 Å². The van der Waals surface area contributed by atoms with Gasteiger partial charge in [0.15, 0.2) is 0 Å². The van der Waals surface area contributed by atoms with E-state index in [0.29, 0.717) is 17.8 Å². The highest BCUT2D eigenvalue weighted by molar-refractivity contribution is 5.98. The molecule has 1 atom stereocenters. The molecule has 0 radical (unpaired) electrons. The zero-order valence-corrected chi connectivity index (χ0v) is 9.69. The SMILES string of the molecule is Nc1ccncc1C(=O)NCC1CCCCO1. The van der Waals surface area contributed by atoms with Gasteiger partial charge in [-0.15, -0.1) is 0 Å². The average molecular weight is 235 g/mol. The quantitative estimate of drug-likeness (QED) is 0.818. The Hall–Kier alpha value is -1.62. The molecule has 1 aromatic rings. The van der Waals surface area contributed by atoms with Crippen molar-refractivity contribution in [2.24, 2.45) is 0 Å². The van der Waals surface area contributed by atoms with Crippen LogP contribution < -0.4 is 11.1 Å². The molecule has 5 heteroatoms. The first-order valence-electron chi connectivity index (χ1n) is 5.86. The molecule has 3 N–H and O–H groups in total. The molecule has 0 bridgehead atoms. The zero-order valence-electron chi connectivity index (χ0n) is 9.69. The van der Waals surface area contributed by atoms with Crippen molar-refractivity contribution in [2.45, 2.75) is 25.4 Å². The summed E-state index contributed by atoms with van der Waals surface area (Å²) < 4.78 is 5.53. The van der Waals surface area contributed by atoms with Gasteiger partial charge in [0, 0.05) is 31.2 Å². The van der Waals surface area contributed by atoms with Crippen molar-refractivity contribution in [1.82, 2.24) is 10.3 Å². The maximum absolute atomic E-state index is 11.8. The second kappa shape index (κ2) is 5.63. The van der Waals surface area contributed by atoms with E-state index in [4.69, 9.17) is 10.5 Å². The molecule has 1 aromatic heterocycles. The molecule has 0 saturated carbocycles. The standard InChI is InChI=1S/C12H17N3O2/c13-11-4-5-14-8-10(11)12(16)15-7-9-3-1-2-6-17-9/h4-5,8-9H,1-3,6-7H2,(H2,13,14)(H,15,16). The highest BCUT2D eigenvalue weighted by Crippen LogP contribution is 2.12. The number of amides is 1. The number of pyridine rings is 1. The molecular weight excluding hydrogens is 218 g/mol. The number of nitrogens with one attached hydrogen (secondary N) is 1. The van der Waals surface area contributed by atoms with Crippen LogP contribution in [-0.4, -0.2) is 30.1 Å². The van der Waals surface area contributed by atoms with Gasteiger partial charge in [0.25, 0.3) is 5.91 Å². The number of carbonyl (C=O) groups excluding carboxylic acids is 1. The Morgan fingerprint density at radius 3 is 3.18 bits per heavy atom. The van der Waals surface area contributed by atoms with Crippen LogP contribution in [0.25, 0.3) is 0 Å². The molecule has 92 valence electrons. The molecule has 0 spiro atoms. The minimum absolute atomic E-state index is 0.130. The van der Waals surface area contributed by atoms with E-state index in [1.165, 1.54) is 6.20 Å². The van der Waals surface area contributed by atoms with Crippen molar-refractivity contribution >= 4 is 11.6 Å². The van der Waals surface area contributed by atoms with E-state index in [0.717, 1.165) is 25.9 Å². The number of nitrogens with two attached hydrogens (primary N) is 1. The van der Waals surface area contributed by atoms with E-state index < -0.39 is 0 Å². The Kier molecular flexibility index (Phi) is 3.93. The molecule has 1 saturated heterocycles. The zero-order chi connectivity index (χ0) is 12.1. The summed E-state index contributed by atoms with van der Waals surface area (Å²) in [6, 6.07) is 1.62. The van der Waals surface area contributed by atoms with E-state index in [2.05, 4.69) is 10.3 Å². The van der Waals surface area contributed by atoms with Gasteiger partial charge in [-0.2, -0.15) is 0 Å². The van der Waals surface area contributed by atoms with Crippen molar-refractivity contribution in [1.29, 1.82) is 0 Å². The summed E-state index contributed by atoms with van der Waals surface area (Å²) in [5.41, 5.74) is 6.56. The minimum Gasteiger partial charge on any atom is -0.398 e. The maximum Gasteiger partial charge on any atom is 0.255 e. The molecule has 0 aromatic carbocycles. The van der Waals surface area contributed by atoms with Gasteiger partial charge >= 0.3 is 0 Å². The van der Waals surface area contributed by atoms with Crippen LogP contribution in [0.2, 0.25) is 0 Å². The number of rotatable bonds is 3. The summed E-state index contributed by atoms with van der Waals surface area (Å²) in [5.74, 6) is -0.190. The van der Waals surface area contributed by atoms with Crippen molar-refractivity contribution in [3.8, 4) is 0 Å². The molecule has 17 heavy (non-hydrogen) atoms. The predicted octanol–water partition coefficient (Wildman–Crippen LogP) is 0.963. The van der Waals surface area contributed by atoms with Crippen LogP contribution >= 0.6 is 0 Å². The first kappa shape index (κ1) is 11.9. The fraction of sp³-hybridized carbons (Fsp3) is 0.500. The van der Waals surface area contributed by atoms with E-state index in [9.17, 15) is 4.79 Å². The molecule has 1 amide bonds. The fourth-order valence-electron chi connectivity index (χ4n) is 1.87. The number of ether oxygens (including phenoxy) is 1. The third-order valence-corrected chi connectivity index (χ3v) is 2.86. The molecule has 0 aliphatic carbocycles. The second-order valence-corrected chi connectivity index (χ2v) is 4.16. The largest absolute Gasteiger partial charge is 0.398 e. The number of aromatic nitrogens is 1. The molecule has 2 heterocycles. The third-order valence-electron chi connectivity index (χ3n) is 2.86. The van der Waals surface area contributed by atoms with E-state index in [1.807, 2.05) is 0 Å². The number of anilines is 1. The molecule has 2 rings (SSSR count). The minimum atomic E-state index is -0.190. The van der Waals surface area contributed by atoms with Crippen molar-refractivity contribution < 1.29 is 9.53 Å². The number of nitrogen functional groups attached to an aromatic ring is 1. The van der Waals surface area contributed by atoms with Crippen LogP contribution in [0.5, 0.6) is 0 Å². The Bertz CT molecular complexity index is 389. The van der Waals surface area contributed by atoms with Crippen molar-refractivity contribution in [3.05, 3.63) is 24.0 Å². The number of nitrogens with zero attached hydrogens (tertiary/aromatic N) is 1. The lowest BCUT2D eigenvalue weighted by Crippen LogP contribution is -2.35. The summed E-state index contributed by atoms with van der Waals surface area (Å²) in [4.78, 5) is 15.7. The molecule has 1 aliphatic rings. The number of hydrogen-bond acceptors (Lipinski definition) is 4. The maximum atomic E-state index is 11.8. The molecule has 5 nitrogen and oxygen atoms in total. The summed E-state index contributed by atoms with van der Waals surface area (Å²) in [6.45, 7) is 1.32. The van der Waals surface area contributed by atoms with Crippen LogP contribution in [-0.2, 0) is 4.74 Å². The Morgan fingerprint density at radius 1 is 1.59 bits per heavy atom. The fourth-order valence-corrected chi connectivity index (χ4v) is 1.87. The number of hydrogen-bond donors (Lipinski definition) is 2. The normalized spacial score (nSPS) is 19.9. The van der Waals surface area contributed by atoms with Crippen LogP contribution in [0.15, 0.2) is 18.5 Å². The number of carbonyl (C=O) groups is 1. The highest BCUT2D eigenvalue weighted by Gasteiger charge is 2.16. The van der Waals surface area contributed by atoms with Crippen LogP contribution in [0.4, 0.5) is 5.69 Å². The van der Waals surface area contributed by atoms with Gasteiger partial charge < -0.3 is 15.8 Å². The summed E-state index contributed by atoms with van der Waals surface area (Å²) >= 11 is 0. The van der Waals surface area contributed by atoms with E-state index >= 15 is 0 Å². The summed E-state index contributed by atoms with van der Waals surface area (Å²) in [6.07, 6.45) is 6.45. The third kappa shape index (κ3) is 3.17. The lowest BCUT2D eigenvalue weighted by Gasteiger charge is -2.22. The average Bonchev–Trinajstić information content (AvgIpc) is 2.38. The second-order valence-electron chi connectivity index (χ2n) is 4.16. The monoisotopic (exact) mass is 235 g/mol. The van der Waals surface area contributed by atoms with Crippen LogP contribution in [0.3, 0.4) is 0 Å².